The molecule has 1 atom stereocenters. The average molecular weight is 225 g/mol. The van der Waals surface area contributed by atoms with E-state index in [-0.39, 0.29) is 11.9 Å². The predicted octanol–water partition coefficient (Wildman–Crippen LogP) is -1.20. The Morgan fingerprint density at radius 2 is 2.25 bits per heavy atom. The van der Waals surface area contributed by atoms with Gasteiger partial charge in [-0.1, -0.05) is 0 Å². The van der Waals surface area contributed by atoms with Crippen LogP contribution in [0.15, 0.2) is 10.1 Å². The Labute approximate surface area is 91.5 Å². The van der Waals surface area contributed by atoms with Crippen LogP contribution in [0, 0.1) is 0 Å². The summed E-state index contributed by atoms with van der Waals surface area (Å²) in [6.45, 7) is 0. The van der Waals surface area contributed by atoms with Crippen LogP contribution in [0.3, 0.4) is 0 Å². The lowest BCUT2D eigenvalue weighted by Gasteiger charge is -2.28. The number of hydrazone groups is 1. The third kappa shape index (κ3) is 0.980. The summed E-state index contributed by atoms with van der Waals surface area (Å²) in [4.78, 5) is 30.0. The van der Waals surface area contributed by atoms with Crippen LogP contribution in [0.25, 0.3) is 0 Å². The van der Waals surface area contributed by atoms with E-state index in [4.69, 9.17) is 0 Å². The summed E-state index contributed by atoms with van der Waals surface area (Å²) in [5.41, 5.74) is 1.01. The van der Waals surface area contributed by atoms with Gasteiger partial charge < -0.3 is 4.74 Å². The molecular weight excluding hydrogens is 214 g/mol. The van der Waals surface area contributed by atoms with Crippen LogP contribution >= 0.6 is 0 Å². The van der Waals surface area contributed by atoms with Crippen LogP contribution in [-0.4, -0.2) is 60.8 Å². The number of ether oxygens (including phenoxy) is 1. The van der Waals surface area contributed by atoms with Crippen LogP contribution in [-0.2, 0) is 9.53 Å². The number of aliphatic imine (C=N–C) groups is 1. The van der Waals surface area contributed by atoms with Crippen LogP contribution in [0.5, 0.6) is 0 Å². The van der Waals surface area contributed by atoms with Crippen LogP contribution in [0.1, 0.15) is 0 Å². The molecule has 0 aromatic rings. The molecule has 0 radical (unpaired) electrons. The maximum Gasteiger partial charge on any atom is 0.363 e. The topological polar surface area (TPSA) is 86.6 Å². The number of amides is 2. The molecule has 0 saturated carbocycles. The van der Waals surface area contributed by atoms with Gasteiger partial charge in [-0.25, -0.2) is 14.6 Å². The first-order valence-electron chi connectivity index (χ1n) is 4.53. The molecule has 0 aromatic carbocycles. The van der Waals surface area contributed by atoms with E-state index >= 15 is 0 Å². The molecule has 1 fully saturated rings. The van der Waals surface area contributed by atoms with E-state index in [0.29, 0.717) is 0 Å². The fourth-order valence-corrected chi connectivity index (χ4v) is 1.77. The second-order valence-corrected chi connectivity index (χ2v) is 3.39. The van der Waals surface area contributed by atoms with Crippen LogP contribution < -0.4 is 5.43 Å². The van der Waals surface area contributed by atoms with Crippen molar-refractivity contribution in [3.05, 3.63) is 0 Å². The van der Waals surface area contributed by atoms with Gasteiger partial charge in [0.1, 0.15) is 6.34 Å². The molecule has 2 rings (SSSR count). The summed E-state index contributed by atoms with van der Waals surface area (Å²) >= 11 is 0. The van der Waals surface area contributed by atoms with Crippen molar-refractivity contribution >= 4 is 24.2 Å². The Morgan fingerprint density at radius 3 is 2.88 bits per heavy atom. The quantitative estimate of drug-likeness (QED) is 0.568. The first kappa shape index (κ1) is 10.4. The molecule has 16 heavy (non-hydrogen) atoms. The van der Waals surface area contributed by atoms with Gasteiger partial charge >= 0.3 is 12.0 Å². The first-order chi connectivity index (χ1) is 7.55. The minimum absolute atomic E-state index is 0.203. The van der Waals surface area contributed by atoms with Gasteiger partial charge in [0.15, 0.2) is 5.84 Å². The minimum atomic E-state index is -1.49. The van der Waals surface area contributed by atoms with E-state index in [9.17, 15) is 9.59 Å². The molecule has 1 unspecified atom stereocenters. The van der Waals surface area contributed by atoms with Gasteiger partial charge in [-0.2, -0.15) is 5.10 Å². The number of hydrogen-bond donors (Lipinski definition) is 1. The molecule has 0 aliphatic carbocycles. The number of esters is 1. The highest BCUT2D eigenvalue weighted by Crippen LogP contribution is 2.30. The Morgan fingerprint density at radius 1 is 1.56 bits per heavy atom. The average Bonchev–Trinajstić information content (AvgIpc) is 2.52. The monoisotopic (exact) mass is 225 g/mol. The van der Waals surface area contributed by atoms with Crippen molar-refractivity contribution in [1.82, 2.24) is 15.2 Å². The fraction of sp³-hybridized carbons (Fsp3) is 0.500. The number of nitrogens with zero attached hydrogens (tertiary/aromatic N) is 4. The molecule has 0 bridgehead atoms. The lowest BCUT2D eigenvalue weighted by atomic mass is 10.1. The third-order valence-electron chi connectivity index (χ3n) is 2.64. The van der Waals surface area contributed by atoms with Gasteiger partial charge in [-0.05, 0) is 0 Å². The highest BCUT2D eigenvalue weighted by molar-refractivity contribution is 6.21. The second kappa shape index (κ2) is 3.19. The smallest absolute Gasteiger partial charge is 0.363 e. The van der Waals surface area contributed by atoms with E-state index in [2.05, 4.69) is 20.3 Å². The van der Waals surface area contributed by atoms with Crippen molar-refractivity contribution in [3.63, 3.8) is 0 Å². The fourth-order valence-electron chi connectivity index (χ4n) is 1.77. The molecule has 8 heteroatoms. The minimum Gasteiger partial charge on any atom is -0.465 e. The molecule has 0 spiro atoms. The summed E-state index contributed by atoms with van der Waals surface area (Å²) in [5, 5.41) is 3.89. The van der Waals surface area contributed by atoms with E-state index in [1.807, 2.05) is 0 Å². The number of amidine groups is 1. The SMILES string of the molecule is COC(=O)C12N=CNN=C1N(C)C(=O)N2C. The van der Waals surface area contributed by atoms with E-state index < -0.39 is 11.6 Å². The summed E-state index contributed by atoms with van der Waals surface area (Å²) in [6.07, 6.45) is 1.25. The molecule has 2 aliphatic rings. The number of hydrogen-bond acceptors (Lipinski definition) is 6. The molecule has 2 amide bonds. The van der Waals surface area contributed by atoms with Gasteiger partial charge in [0.05, 0.1) is 7.11 Å². The van der Waals surface area contributed by atoms with Crippen LogP contribution in [0.4, 0.5) is 4.79 Å². The Balaban J connectivity index is 2.58. The second-order valence-electron chi connectivity index (χ2n) is 3.39. The molecular formula is C8H11N5O3. The van der Waals surface area contributed by atoms with E-state index in [0.717, 1.165) is 0 Å². The van der Waals surface area contributed by atoms with E-state index in [1.165, 1.54) is 37.3 Å². The van der Waals surface area contributed by atoms with E-state index in [1.54, 1.807) is 0 Å². The highest BCUT2D eigenvalue weighted by atomic mass is 16.5. The number of carbonyl (C=O) groups is 2. The van der Waals surface area contributed by atoms with Gasteiger partial charge in [0.2, 0.25) is 0 Å². The maximum atomic E-state index is 11.8. The zero-order valence-electron chi connectivity index (χ0n) is 9.09. The number of likely N-dealkylation sites (N-methyl/N-ethyl adjacent to an activating group) is 2. The van der Waals surface area contributed by atoms with Gasteiger partial charge in [-0.15, -0.1) is 0 Å². The van der Waals surface area contributed by atoms with Gasteiger partial charge in [0.25, 0.3) is 5.66 Å². The van der Waals surface area contributed by atoms with Crippen molar-refractivity contribution in [1.29, 1.82) is 0 Å². The normalized spacial score (nSPS) is 27.4. The first-order valence-corrected chi connectivity index (χ1v) is 4.53. The molecule has 1 N–H and O–H groups in total. The van der Waals surface area contributed by atoms with Gasteiger partial charge in [-0.3, -0.25) is 15.2 Å². The van der Waals surface area contributed by atoms with Crippen molar-refractivity contribution in [2.24, 2.45) is 10.1 Å². The number of methoxy groups -OCH3 is 1. The van der Waals surface area contributed by atoms with Gasteiger partial charge in [0, 0.05) is 14.1 Å². The number of fused-ring (bicyclic) bond motifs is 1. The predicted molar refractivity (Wildman–Crippen MR) is 54.7 cm³/mol. The highest BCUT2D eigenvalue weighted by Gasteiger charge is 2.60. The van der Waals surface area contributed by atoms with Crippen molar-refractivity contribution in [2.75, 3.05) is 21.2 Å². The molecule has 0 aromatic heterocycles. The van der Waals surface area contributed by atoms with Crippen LogP contribution in [0.2, 0.25) is 0 Å². The molecule has 2 heterocycles. The standard InChI is InChI=1S/C8H11N5O3/c1-12-5-8(6(14)16-3,9-4-10-11-5)13(2)7(12)15/h4H,1-3H3,(H,9,10). The summed E-state index contributed by atoms with van der Waals surface area (Å²) in [5.74, 6) is -0.446. The molecule has 8 nitrogen and oxygen atoms in total. The summed E-state index contributed by atoms with van der Waals surface area (Å²) in [7, 11) is 4.23. The maximum absolute atomic E-state index is 11.8. The Hall–Kier alpha value is -2.12. The molecule has 1 saturated heterocycles. The number of carbonyl (C=O) groups excluding carboxylic acids is 2. The molecule has 2 aliphatic heterocycles. The Bertz CT molecular complexity index is 418. The number of urea groups is 1. The van der Waals surface area contributed by atoms with Crippen molar-refractivity contribution in [3.8, 4) is 0 Å². The lowest BCUT2D eigenvalue weighted by Crippen LogP contribution is -2.55. The molecule has 86 valence electrons. The summed E-state index contributed by atoms with van der Waals surface area (Å²) in [6, 6.07) is -0.370. The van der Waals surface area contributed by atoms with Crippen molar-refractivity contribution < 1.29 is 14.3 Å². The third-order valence-corrected chi connectivity index (χ3v) is 2.64. The number of nitrogens with one attached hydrogen (secondary N) is 1. The Kier molecular flexibility index (Phi) is 2.07. The zero-order chi connectivity index (χ0) is 11.9. The number of rotatable bonds is 1. The lowest BCUT2D eigenvalue weighted by molar-refractivity contribution is -0.147. The zero-order valence-corrected chi connectivity index (χ0v) is 9.09. The largest absolute Gasteiger partial charge is 0.465 e. The summed E-state index contributed by atoms with van der Waals surface area (Å²) < 4.78 is 4.68. The van der Waals surface area contributed by atoms with Crippen molar-refractivity contribution in [2.45, 2.75) is 5.66 Å².